The summed E-state index contributed by atoms with van der Waals surface area (Å²) in [6.07, 6.45) is 0. The molecule has 0 bridgehead atoms. The Balaban J connectivity index is 1.90. The zero-order chi connectivity index (χ0) is 16.8. The quantitative estimate of drug-likeness (QED) is 0.830. The van der Waals surface area contributed by atoms with Crippen molar-refractivity contribution in [1.29, 1.82) is 5.26 Å². The molecule has 5 nitrogen and oxygen atoms in total. The third-order valence-electron chi connectivity index (χ3n) is 2.78. The van der Waals surface area contributed by atoms with E-state index in [-0.39, 0.29) is 5.56 Å². The summed E-state index contributed by atoms with van der Waals surface area (Å²) in [4.78, 5) is 23.4. The number of esters is 1. The number of carbonyl (C=O) groups is 2. The zero-order valence-corrected chi connectivity index (χ0v) is 13.3. The van der Waals surface area contributed by atoms with Gasteiger partial charge in [-0.25, -0.2) is 9.18 Å². The number of rotatable bonds is 4. The summed E-state index contributed by atoms with van der Waals surface area (Å²) in [6.45, 7) is -0.547. The molecule has 2 aromatic rings. The van der Waals surface area contributed by atoms with Crippen LogP contribution in [0.1, 0.15) is 15.9 Å². The minimum absolute atomic E-state index is 0.251. The van der Waals surface area contributed by atoms with Crippen LogP contribution >= 0.6 is 15.9 Å². The first kappa shape index (κ1) is 16.6. The van der Waals surface area contributed by atoms with Crippen LogP contribution < -0.4 is 5.32 Å². The van der Waals surface area contributed by atoms with Gasteiger partial charge in [-0.2, -0.15) is 5.26 Å². The topological polar surface area (TPSA) is 79.2 Å². The smallest absolute Gasteiger partial charge is 0.341 e. The van der Waals surface area contributed by atoms with Gasteiger partial charge in [0.2, 0.25) is 0 Å². The Morgan fingerprint density at radius 1 is 1.22 bits per heavy atom. The Labute approximate surface area is 139 Å². The number of nitrogens with zero attached hydrogens (tertiary/aromatic N) is 1. The number of halogens is 2. The summed E-state index contributed by atoms with van der Waals surface area (Å²) >= 11 is 3.08. The van der Waals surface area contributed by atoms with Crippen molar-refractivity contribution in [3.05, 3.63) is 63.9 Å². The number of anilines is 1. The summed E-state index contributed by atoms with van der Waals surface area (Å²) in [6, 6.07) is 12.0. The Kier molecular flexibility index (Phi) is 5.44. The summed E-state index contributed by atoms with van der Waals surface area (Å²) in [5.74, 6) is -2.23. The standard InChI is InChI=1S/C16H10BrFN2O3/c17-11-3-6-13(14(18)7-11)16(22)23-9-15(21)20-12-4-1-10(8-19)2-5-12/h1-7H,9H2,(H,20,21). The lowest BCUT2D eigenvalue weighted by atomic mass is 10.2. The van der Waals surface area contributed by atoms with E-state index in [4.69, 9.17) is 10.00 Å². The van der Waals surface area contributed by atoms with Gasteiger partial charge in [-0.15, -0.1) is 0 Å². The van der Waals surface area contributed by atoms with Crippen LogP contribution in [0.15, 0.2) is 46.9 Å². The van der Waals surface area contributed by atoms with Gasteiger partial charge in [-0.1, -0.05) is 15.9 Å². The Morgan fingerprint density at radius 2 is 1.91 bits per heavy atom. The van der Waals surface area contributed by atoms with E-state index in [1.807, 2.05) is 6.07 Å². The molecule has 0 fully saturated rings. The van der Waals surface area contributed by atoms with Gasteiger partial charge in [0.05, 0.1) is 17.2 Å². The van der Waals surface area contributed by atoms with Gasteiger partial charge in [0.1, 0.15) is 5.82 Å². The van der Waals surface area contributed by atoms with Crippen LogP contribution in [-0.2, 0) is 9.53 Å². The Morgan fingerprint density at radius 3 is 2.52 bits per heavy atom. The lowest BCUT2D eigenvalue weighted by molar-refractivity contribution is -0.119. The molecule has 0 aliphatic rings. The van der Waals surface area contributed by atoms with Gasteiger partial charge >= 0.3 is 5.97 Å². The van der Waals surface area contributed by atoms with Gasteiger partial charge in [-0.3, -0.25) is 4.79 Å². The first-order valence-electron chi connectivity index (χ1n) is 6.42. The maximum absolute atomic E-state index is 13.6. The van der Waals surface area contributed by atoms with Crippen LogP contribution in [0.4, 0.5) is 10.1 Å². The number of hydrogen-bond acceptors (Lipinski definition) is 4. The van der Waals surface area contributed by atoms with Crippen molar-refractivity contribution in [2.24, 2.45) is 0 Å². The van der Waals surface area contributed by atoms with Crippen LogP contribution in [0.5, 0.6) is 0 Å². The van der Waals surface area contributed by atoms with E-state index in [0.29, 0.717) is 15.7 Å². The third kappa shape index (κ3) is 4.63. The molecule has 23 heavy (non-hydrogen) atoms. The van der Waals surface area contributed by atoms with Crippen LogP contribution in [0.3, 0.4) is 0 Å². The molecule has 0 radical (unpaired) electrons. The Hall–Kier alpha value is -2.72. The van der Waals surface area contributed by atoms with Crippen molar-refractivity contribution in [3.63, 3.8) is 0 Å². The molecule has 0 saturated carbocycles. The molecule has 1 amide bonds. The number of nitrogens with one attached hydrogen (secondary N) is 1. The molecular formula is C16H10BrFN2O3. The average molecular weight is 377 g/mol. The maximum atomic E-state index is 13.6. The van der Waals surface area contributed by atoms with E-state index in [1.165, 1.54) is 12.1 Å². The number of benzene rings is 2. The molecule has 0 spiro atoms. The van der Waals surface area contributed by atoms with E-state index >= 15 is 0 Å². The van der Waals surface area contributed by atoms with E-state index in [1.54, 1.807) is 24.3 Å². The first-order chi connectivity index (χ1) is 11.0. The fourth-order valence-electron chi connectivity index (χ4n) is 1.69. The van der Waals surface area contributed by atoms with Gasteiger partial charge in [0, 0.05) is 10.2 Å². The molecular weight excluding hydrogens is 367 g/mol. The highest BCUT2D eigenvalue weighted by atomic mass is 79.9. The average Bonchev–Trinajstić information content (AvgIpc) is 2.53. The minimum Gasteiger partial charge on any atom is -0.452 e. The van der Waals surface area contributed by atoms with Crippen LogP contribution in [0.2, 0.25) is 0 Å². The van der Waals surface area contributed by atoms with Crippen molar-refractivity contribution < 1.29 is 18.7 Å². The summed E-state index contributed by atoms with van der Waals surface area (Å²) in [7, 11) is 0. The monoisotopic (exact) mass is 376 g/mol. The van der Waals surface area contributed by atoms with Crippen molar-refractivity contribution in [2.45, 2.75) is 0 Å². The van der Waals surface area contributed by atoms with Crippen LogP contribution in [-0.4, -0.2) is 18.5 Å². The van der Waals surface area contributed by atoms with Crippen molar-refractivity contribution in [1.82, 2.24) is 0 Å². The van der Waals surface area contributed by atoms with Crippen molar-refractivity contribution in [2.75, 3.05) is 11.9 Å². The zero-order valence-electron chi connectivity index (χ0n) is 11.7. The minimum atomic E-state index is -0.926. The summed E-state index contributed by atoms with van der Waals surface area (Å²) in [5, 5.41) is 11.2. The molecule has 0 unspecified atom stereocenters. The predicted molar refractivity (Wildman–Crippen MR) is 84.2 cm³/mol. The van der Waals surface area contributed by atoms with E-state index < -0.39 is 24.3 Å². The number of hydrogen-bond donors (Lipinski definition) is 1. The normalized spacial score (nSPS) is 9.78. The fraction of sp³-hybridized carbons (Fsp3) is 0.0625. The molecule has 116 valence electrons. The van der Waals surface area contributed by atoms with Gasteiger partial charge in [0.25, 0.3) is 5.91 Å². The number of nitriles is 1. The van der Waals surface area contributed by atoms with E-state index in [0.717, 1.165) is 6.07 Å². The number of ether oxygens (including phenoxy) is 1. The molecule has 2 rings (SSSR count). The maximum Gasteiger partial charge on any atom is 0.341 e. The highest BCUT2D eigenvalue weighted by Crippen LogP contribution is 2.16. The van der Waals surface area contributed by atoms with Gasteiger partial charge in [0.15, 0.2) is 6.61 Å². The van der Waals surface area contributed by atoms with Crippen molar-refractivity contribution >= 4 is 33.5 Å². The first-order valence-corrected chi connectivity index (χ1v) is 7.21. The van der Waals surface area contributed by atoms with Gasteiger partial charge in [-0.05, 0) is 42.5 Å². The fourth-order valence-corrected chi connectivity index (χ4v) is 2.02. The lowest BCUT2D eigenvalue weighted by Crippen LogP contribution is -2.21. The molecule has 1 N–H and O–H groups in total. The van der Waals surface area contributed by atoms with E-state index in [9.17, 15) is 14.0 Å². The molecule has 0 aromatic heterocycles. The Bertz CT molecular complexity index is 785. The second-order valence-corrected chi connectivity index (χ2v) is 5.35. The molecule has 0 aliphatic heterocycles. The van der Waals surface area contributed by atoms with Crippen LogP contribution in [0, 0.1) is 17.1 Å². The SMILES string of the molecule is N#Cc1ccc(NC(=O)COC(=O)c2ccc(Br)cc2F)cc1. The summed E-state index contributed by atoms with van der Waals surface area (Å²) in [5.41, 5.74) is 0.666. The lowest BCUT2D eigenvalue weighted by Gasteiger charge is -2.07. The van der Waals surface area contributed by atoms with E-state index in [2.05, 4.69) is 21.2 Å². The molecule has 7 heteroatoms. The second-order valence-electron chi connectivity index (χ2n) is 4.44. The predicted octanol–water partition coefficient (Wildman–Crippen LogP) is 3.26. The highest BCUT2D eigenvalue weighted by molar-refractivity contribution is 9.10. The third-order valence-corrected chi connectivity index (χ3v) is 3.28. The molecule has 0 heterocycles. The largest absolute Gasteiger partial charge is 0.452 e. The van der Waals surface area contributed by atoms with Gasteiger partial charge < -0.3 is 10.1 Å². The van der Waals surface area contributed by atoms with Crippen molar-refractivity contribution in [3.8, 4) is 6.07 Å². The molecule has 0 aliphatic carbocycles. The molecule has 0 atom stereocenters. The number of carbonyl (C=O) groups excluding carboxylic acids is 2. The highest BCUT2D eigenvalue weighted by Gasteiger charge is 2.15. The molecule has 0 saturated heterocycles. The summed E-state index contributed by atoms with van der Waals surface area (Å²) < 4.78 is 18.8. The molecule has 2 aromatic carbocycles. The van der Waals surface area contributed by atoms with Crippen LogP contribution in [0.25, 0.3) is 0 Å². The second kappa shape index (κ2) is 7.51. The number of amides is 1.